The van der Waals surface area contributed by atoms with Crippen LogP contribution in [0.2, 0.25) is 0 Å². The Morgan fingerprint density at radius 2 is 1.37 bits per heavy atom. The van der Waals surface area contributed by atoms with E-state index in [0.717, 1.165) is 12.1 Å². The highest BCUT2D eigenvalue weighted by atomic mass is 16.6. The number of hydrogen-bond acceptors (Lipinski definition) is 10. The summed E-state index contributed by atoms with van der Waals surface area (Å²) in [5.74, 6) is -1.32. The third-order valence-corrected chi connectivity index (χ3v) is 6.23. The van der Waals surface area contributed by atoms with Gasteiger partial charge in [-0.25, -0.2) is 9.59 Å². The molecule has 0 aliphatic carbocycles. The van der Waals surface area contributed by atoms with Gasteiger partial charge in [-0.3, -0.25) is 14.5 Å². The first-order valence-electron chi connectivity index (χ1n) is 15.0. The standard InChI is InChI=1S/C32H51N3O8/c1-30(2,3)41-26(36)23(16-19-35-20-17-25(35)28(38)43-32(7,8)9)33-18-15-24(27(37)42-31(4,5)6)34-29(39)40-21-22-13-11-10-12-14-22/h10-14,23-25,33H,15-21H2,1-9H3,(H,34,39). The van der Waals surface area contributed by atoms with Gasteiger partial charge < -0.3 is 29.6 Å². The Balaban J connectivity index is 2.03. The molecule has 0 aromatic heterocycles. The van der Waals surface area contributed by atoms with Crippen LogP contribution in [-0.2, 0) is 39.9 Å². The molecule has 0 bridgehead atoms. The van der Waals surface area contributed by atoms with E-state index in [-0.39, 0.29) is 31.6 Å². The zero-order valence-corrected chi connectivity index (χ0v) is 27.3. The summed E-state index contributed by atoms with van der Waals surface area (Å²) in [6, 6.07) is 7.14. The lowest BCUT2D eigenvalue weighted by atomic mass is 10.0. The molecule has 1 aromatic rings. The Morgan fingerprint density at radius 3 is 1.88 bits per heavy atom. The Labute approximate surface area is 256 Å². The van der Waals surface area contributed by atoms with E-state index in [9.17, 15) is 19.2 Å². The fraction of sp³-hybridized carbons (Fsp3) is 0.688. The minimum Gasteiger partial charge on any atom is -0.459 e. The fourth-order valence-corrected chi connectivity index (χ4v) is 4.25. The average molecular weight is 606 g/mol. The number of nitrogens with zero attached hydrogens (tertiary/aromatic N) is 1. The maximum atomic E-state index is 13.1. The topological polar surface area (TPSA) is 132 Å². The molecule has 1 heterocycles. The average Bonchev–Trinajstić information content (AvgIpc) is 2.82. The molecule has 2 rings (SSSR count). The van der Waals surface area contributed by atoms with Gasteiger partial charge in [-0.2, -0.15) is 0 Å². The van der Waals surface area contributed by atoms with E-state index >= 15 is 0 Å². The van der Waals surface area contributed by atoms with Gasteiger partial charge >= 0.3 is 24.0 Å². The molecule has 1 aliphatic heterocycles. The first-order valence-corrected chi connectivity index (χ1v) is 15.0. The highest BCUT2D eigenvalue weighted by Gasteiger charge is 2.38. The lowest BCUT2D eigenvalue weighted by Gasteiger charge is -2.40. The molecule has 3 atom stereocenters. The second-order valence-electron chi connectivity index (χ2n) is 13.8. The first kappa shape index (κ1) is 36.0. The maximum absolute atomic E-state index is 13.1. The van der Waals surface area contributed by atoms with E-state index in [1.54, 1.807) is 41.5 Å². The van der Waals surface area contributed by atoms with Crippen LogP contribution in [0.1, 0.15) is 87.1 Å². The minimum absolute atomic E-state index is 0.0491. The van der Waals surface area contributed by atoms with Gasteiger partial charge in [-0.05, 0) is 93.7 Å². The van der Waals surface area contributed by atoms with E-state index in [0.29, 0.717) is 19.4 Å². The zero-order valence-electron chi connectivity index (χ0n) is 27.3. The molecular weight excluding hydrogens is 554 g/mol. The zero-order chi connectivity index (χ0) is 32.4. The summed E-state index contributed by atoms with van der Waals surface area (Å²) >= 11 is 0. The number of carbonyl (C=O) groups excluding carboxylic acids is 4. The number of nitrogens with one attached hydrogen (secondary N) is 2. The van der Waals surface area contributed by atoms with Crippen LogP contribution in [0.3, 0.4) is 0 Å². The summed E-state index contributed by atoms with van der Waals surface area (Å²) in [5.41, 5.74) is -1.23. The summed E-state index contributed by atoms with van der Waals surface area (Å²) < 4.78 is 22.0. The predicted octanol–water partition coefficient (Wildman–Crippen LogP) is 4.12. The lowest BCUT2D eigenvalue weighted by Crippen LogP contribution is -2.55. The summed E-state index contributed by atoms with van der Waals surface area (Å²) in [6.45, 7) is 17.5. The number of rotatable bonds is 13. The smallest absolute Gasteiger partial charge is 0.408 e. The van der Waals surface area contributed by atoms with Gasteiger partial charge in [-0.15, -0.1) is 0 Å². The Bertz CT molecular complexity index is 1070. The van der Waals surface area contributed by atoms with Crippen molar-refractivity contribution < 1.29 is 38.1 Å². The third-order valence-electron chi connectivity index (χ3n) is 6.23. The molecule has 3 unspecified atom stereocenters. The molecule has 0 saturated carbocycles. The summed E-state index contributed by atoms with van der Waals surface area (Å²) in [5, 5.41) is 5.79. The van der Waals surface area contributed by atoms with Crippen molar-refractivity contribution in [3.05, 3.63) is 35.9 Å². The highest BCUT2D eigenvalue weighted by molar-refractivity contribution is 5.81. The molecular formula is C32H51N3O8. The van der Waals surface area contributed by atoms with Gasteiger partial charge in [0.2, 0.25) is 0 Å². The summed E-state index contributed by atoms with van der Waals surface area (Å²) in [6.07, 6.45) is 0.453. The molecule has 1 aromatic carbocycles. The van der Waals surface area contributed by atoms with Crippen LogP contribution >= 0.6 is 0 Å². The van der Waals surface area contributed by atoms with Crippen molar-refractivity contribution in [1.82, 2.24) is 15.5 Å². The molecule has 242 valence electrons. The molecule has 1 saturated heterocycles. The van der Waals surface area contributed by atoms with Crippen molar-refractivity contribution in [3.63, 3.8) is 0 Å². The molecule has 11 nitrogen and oxygen atoms in total. The minimum atomic E-state index is -1.01. The van der Waals surface area contributed by atoms with E-state index in [2.05, 4.69) is 10.6 Å². The van der Waals surface area contributed by atoms with Crippen LogP contribution in [0.5, 0.6) is 0 Å². The number of alkyl carbamates (subject to hydrolysis) is 1. The van der Waals surface area contributed by atoms with Crippen molar-refractivity contribution in [3.8, 4) is 0 Å². The number of esters is 3. The van der Waals surface area contributed by atoms with Gasteiger partial charge in [0, 0.05) is 13.1 Å². The highest BCUT2D eigenvalue weighted by Crippen LogP contribution is 2.22. The number of likely N-dealkylation sites (tertiary alicyclic amines) is 1. The normalized spacial score (nSPS) is 17.2. The Kier molecular flexibility index (Phi) is 13.0. The molecule has 0 spiro atoms. The number of amides is 1. The predicted molar refractivity (Wildman–Crippen MR) is 162 cm³/mol. The van der Waals surface area contributed by atoms with Crippen molar-refractivity contribution in [2.75, 3.05) is 19.6 Å². The quantitative estimate of drug-likeness (QED) is 0.250. The fourth-order valence-electron chi connectivity index (χ4n) is 4.25. The second kappa shape index (κ2) is 15.5. The van der Waals surface area contributed by atoms with E-state index in [1.807, 2.05) is 56.0 Å². The van der Waals surface area contributed by atoms with Crippen LogP contribution < -0.4 is 10.6 Å². The van der Waals surface area contributed by atoms with Gasteiger partial charge in [0.25, 0.3) is 0 Å². The van der Waals surface area contributed by atoms with E-state index in [1.165, 1.54) is 0 Å². The Morgan fingerprint density at radius 1 is 0.814 bits per heavy atom. The van der Waals surface area contributed by atoms with Crippen LogP contribution in [-0.4, -0.2) is 83.5 Å². The van der Waals surface area contributed by atoms with Crippen molar-refractivity contribution in [2.24, 2.45) is 0 Å². The number of benzene rings is 1. The summed E-state index contributed by atoms with van der Waals surface area (Å²) in [7, 11) is 0. The number of ether oxygens (including phenoxy) is 4. The van der Waals surface area contributed by atoms with E-state index < -0.39 is 46.9 Å². The Hall–Kier alpha value is -3.18. The van der Waals surface area contributed by atoms with Crippen molar-refractivity contribution in [2.45, 2.75) is 123 Å². The molecule has 2 N–H and O–H groups in total. The van der Waals surface area contributed by atoms with Crippen molar-refractivity contribution >= 4 is 24.0 Å². The van der Waals surface area contributed by atoms with Crippen LogP contribution in [0.15, 0.2) is 30.3 Å². The van der Waals surface area contributed by atoms with Gasteiger partial charge in [0.05, 0.1) is 0 Å². The molecule has 43 heavy (non-hydrogen) atoms. The van der Waals surface area contributed by atoms with Gasteiger partial charge in [-0.1, -0.05) is 30.3 Å². The monoisotopic (exact) mass is 605 g/mol. The van der Waals surface area contributed by atoms with E-state index in [4.69, 9.17) is 18.9 Å². The second-order valence-corrected chi connectivity index (χ2v) is 13.8. The third kappa shape index (κ3) is 14.2. The summed E-state index contributed by atoms with van der Waals surface area (Å²) in [4.78, 5) is 53.2. The number of hydrogen-bond donors (Lipinski definition) is 2. The number of carbonyl (C=O) groups is 4. The van der Waals surface area contributed by atoms with Crippen LogP contribution in [0, 0.1) is 0 Å². The molecule has 11 heteroatoms. The largest absolute Gasteiger partial charge is 0.459 e. The van der Waals surface area contributed by atoms with Gasteiger partial charge in [0.1, 0.15) is 41.5 Å². The SMILES string of the molecule is CC(C)(C)OC(=O)C(CCN1CCC1C(=O)OC(C)(C)C)NCCC(NC(=O)OCc1ccccc1)C(=O)OC(C)(C)C. The van der Waals surface area contributed by atoms with Gasteiger partial charge in [0.15, 0.2) is 0 Å². The first-order chi connectivity index (χ1) is 19.8. The molecule has 1 fully saturated rings. The van der Waals surface area contributed by atoms with Crippen LogP contribution in [0.4, 0.5) is 4.79 Å². The maximum Gasteiger partial charge on any atom is 0.408 e. The lowest BCUT2D eigenvalue weighted by molar-refractivity contribution is -0.166. The molecule has 1 aliphatic rings. The molecule has 0 radical (unpaired) electrons. The molecule has 1 amide bonds. The van der Waals surface area contributed by atoms with Crippen LogP contribution in [0.25, 0.3) is 0 Å². The van der Waals surface area contributed by atoms with Crippen molar-refractivity contribution in [1.29, 1.82) is 0 Å².